The van der Waals surface area contributed by atoms with Crippen LogP contribution in [0.3, 0.4) is 0 Å². The Morgan fingerprint density at radius 2 is 1.80 bits per heavy atom. The average molecular weight is 464 g/mol. The summed E-state index contributed by atoms with van der Waals surface area (Å²) in [5.41, 5.74) is 5.10. The molecule has 5 aromatic rings. The highest BCUT2D eigenvalue weighted by atomic mass is 16.4. The molecule has 1 saturated heterocycles. The lowest BCUT2D eigenvalue weighted by atomic mass is 9.97. The second-order valence-corrected chi connectivity index (χ2v) is 9.11. The van der Waals surface area contributed by atoms with Gasteiger partial charge in [0.2, 0.25) is 0 Å². The first kappa shape index (κ1) is 21.3. The third-order valence-electron chi connectivity index (χ3n) is 6.99. The van der Waals surface area contributed by atoms with Crippen LogP contribution in [-0.4, -0.2) is 43.9 Å². The van der Waals surface area contributed by atoms with Crippen molar-refractivity contribution in [1.29, 1.82) is 0 Å². The number of benzene rings is 2. The topological polar surface area (TPSA) is 84.1 Å². The number of hydrogen-bond acceptors (Lipinski definition) is 5. The third-order valence-corrected chi connectivity index (χ3v) is 6.99. The normalized spacial score (nSPS) is 14.6. The van der Waals surface area contributed by atoms with Gasteiger partial charge in [-0.3, -0.25) is 9.78 Å². The summed E-state index contributed by atoms with van der Waals surface area (Å²) < 4.78 is 1.98. The number of para-hydroxylation sites is 1. The molecule has 3 aromatic heterocycles. The smallest absolute Gasteiger partial charge is 0.306 e. The summed E-state index contributed by atoms with van der Waals surface area (Å²) in [6.45, 7) is 3.51. The molecule has 174 valence electrons. The number of carboxylic acids is 1. The molecule has 0 unspecified atom stereocenters. The van der Waals surface area contributed by atoms with Crippen LogP contribution in [0.5, 0.6) is 0 Å². The maximum Gasteiger partial charge on any atom is 0.306 e. The minimum Gasteiger partial charge on any atom is -0.481 e. The molecule has 0 amide bonds. The number of aromatic nitrogens is 4. The van der Waals surface area contributed by atoms with Crippen LogP contribution in [0.15, 0.2) is 73.2 Å². The first-order chi connectivity index (χ1) is 17.1. The van der Waals surface area contributed by atoms with Gasteiger partial charge in [0.05, 0.1) is 23.3 Å². The second kappa shape index (κ2) is 8.51. The zero-order valence-corrected chi connectivity index (χ0v) is 19.4. The number of carboxylic acid groups (broad SMARTS) is 1. The number of rotatable bonds is 4. The van der Waals surface area contributed by atoms with E-state index in [0.29, 0.717) is 25.9 Å². The van der Waals surface area contributed by atoms with Crippen molar-refractivity contribution in [1.82, 2.24) is 19.7 Å². The summed E-state index contributed by atoms with van der Waals surface area (Å²) in [5, 5.41) is 17.6. The van der Waals surface area contributed by atoms with E-state index in [1.165, 1.54) is 0 Å². The van der Waals surface area contributed by atoms with Gasteiger partial charge in [-0.1, -0.05) is 36.4 Å². The van der Waals surface area contributed by atoms with E-state index in [1.54, 1.807) is 0 Å². The first-order valence-electron chi connectivity index (χ1n) is 11.9. The van der Waals surface area contributed by atoms with Crippen LogP contribution < -0.4 is 4.90 Å². The van der Waals surface area contributed by atoms with Crippen molar-refractivity contribution >= 4 is 33.5 Å². The predicted molar refractivity (Wildman–Crippen MR) is 137 cm³/mol. The quantitative estimate of drug-likeness (QED) is 0.392. The number of aliphatic carboxylic acids is 1. The first-order valence-corrected chi connectivity index (χ1v) is 11.9. The Morgan fingerprint density at radius 3 is 2.57 bits per heavy atom. The van der Waals surface area contributed by atoms with Gasteiger partial charge in [-0.15, -0.1) is 0 Å². The summed E-state index contributed by atoms with van der Waals surface area (Å²) >= 11 is 0. The summed E-state index contributed by atoms with van der Waals surface area (Å²) in [4.78, 5) is 22.4. The van der Waals surface area contributed by atoms with E-state index in [9.17, 15) is 9.90 Å². The number of carbonyl (C=O) groups is 1. The Balaban J connectivity index is 1.41. The number of nitrogens with zero attached hydrogens (tertiary/aromatic N) is 5. The highest BCUT2D eigenvalue weighted by Crippen LogP contribution is 2.35. The van der Waals surface area contributed by atoms with Gasteiger partial charge in [0.15, 0.2) is 0 Å². The fraction of sp³-hybridized carbons (Fsp3) is 0.214. The Kier molecular flexibility index (Phi) is 5.17. The van der Waals surface area contributed by atoms with Gasteiger partial charge in [-0.2, -0.15) is 5.10 Å². The summed E-state index contributed by atoms with van der Waals surface area (Å²) in [6.07, 6.45) is 6.84. The largest absolute Gasteiger partial charge is 0.481 e. The Hall–Kier alpha value is -4.26. The van der Waals surface area contributed by atoms with Crippen molar-refractivity contribution in [2.45, 2.75) is 19.8 Å². The molecule has 1 fully saturated rings. The van der Waals surface area contributed by atoms with E-state index < -0.39 is 5.97 Å². The lowest BCUT2D eigenvalue weighted by molar-refractivity contribution is -0.142. The molecule has 0 spiro atoms. The number of fused-ring (bicyclic) bond motifs is 2. The number of piperidine rings is 1. The van der Waals surface area contributed by atoms with Gasteiger partial charge < -0.3 is 10.0 Å². The van der Waals surface area contributed by atoms with E-state index in [0.717, 1.165) is 50.0 Å². The number of anilines is 1. The van der Waals surface area contributed by atoms with Crippen molar-refractivity contribution < 1.29 is 9.90 Å². The molecule has 7 nitrogen and oxygen atoms in total. The van der Waals surface area contributed by atoms with Crippen molar-refractivity contribution in [3.05, 3.63) is 78.8 Å². The van der Waals surface area contributed by atoms with Crippen LogP contribution in [0, 0.1) is 12.8 Å². The molecule has 0 aliphatic carbocycles. The molecule has 0 atom stereocenters. The zero-order chi connectivity index (χ0) is 23.9. The van der Waals surface area contributed by atoms with Gasteiger partial charge in [-0.25, -0.2) is 9.67 Å². The molecule has 35 heavy (non-hydrogen) atoms. The molecule has 0 radical (unpaired) electrons. The molecule has 0 saturated carbocycles. The summed E-state index contributed by atoms with van der Waals surface area (Å²) in [5.74, 6) is -0.0908. The molecule has 1 N–H and O–H groups in total. The van der Waals surface area contributed by atoms with E-state index in [1.807, 2.05) is 47.5 Å². The van der Waals surface area contributed by atoms with Crippen molar-refractivity contribution in [3.8, 4) is 16.9 Å². The predicted octanol–water partition coefficient (Wildman–Crippen LogP) is 5.25. The molecule has 1 aliphatic heterocycles. The van der Waals surface area contributed by atoms with Crippen LogP contribution >= 0.6 is 0 Å². The molecule has 1 aliphatic rings. The van der Waals surface area contributed by atoms with Crippen LogP contribution in [0.4, 0.5) is 5.82 Å². The Morgan fingerprint density at radius 1 is 0.971 bits per heavy atom. The van der Waals surface area contributed by atoms with Crippen LogP contribution in [0.25, 0.3) is 38.6 Å². The second-order valence-electron chi connectivity index (χ2n) is 9.11. The molecule has 2 aromatic carbocycles. The third kappa shape index (κ3) is 3.69. The van der Waals surface area contributed by atoms with Gasteiger partial charge in [0, 0.05) is 41.8 Å². The highest BCUT2D eigenvalue weighted by molar-refractivity contribution is 6.04. The minimum atomic E-state index is -0.702. The maximum absolute atomic E-state index is 11.3. The summed E-state index contributed by atoms with van der Waals surface area (Å²) in [7, 11) is 0. The molecule has 6 rings (SSSR count). The van der Waals surface area contributed by atoms with E-state index in [4.69, 9.17) is 10.1 Å². The standard InChI is InChI=1S/C28H25N5O2/c1-18-4-2-7-24-26(23-6-3-5-20-16-29-13-10-22(20)23)31-33(27(18)24)21-8-9-25(30-17-21)32-14-11-19(12-15-32)28(34)35/h2-10,13,16-17,19H,11-12,14-15H2,1H3,(H,34,35). The molecule has 4 heterocycles. The van der Waals surface area contributed by atoms with E-state index in [-0.39, 0.29) is 5.92 Å². The summed E-state index contributed by atoms with van der Waals surface area (Å²) in [6, 6.07) is 18.6. The monoisotopic (exact) mass is 463 g/mol. The van der Waals surface area contributed by atoms with Crippen LogP contribution in [-0.2, 0) is 4.79 Å². The molecular formula is C28H25N5O2. The lowest BCUT2D eigenvalue weighted by Gasteiger charge is -2.31. The fourth-order valence-corrected chi connectivity index (χ4v) is 5.10. The maximum atomic E-state index is 11.3. The van der Waals surface area contributed by atoms with Crippen molar-refractivity contribution in [3.63, 3.8) is 0 Å². The minimum absolute atomic E-state index is 0.257. The van der Waals surface area contributed by atoms with Gasteiger partial charge >= 0.3 is 5.97 Å². The fourth-order valence-electron chi connectivity index (χ4n) is 5.10. The molecule has 0 bridgehead atoms. The number of aryl methyl sites for hydroxylation is 1. The van der Waals surface area contributed by atoms with E-state index >= 15 is 0 Å². The van der Waals surface area contributed by atoms with Crippen molar-refractivity contribution in [2.75, 3.05) is 18.0 Å². The van der Waals surface area contributed by atoms with E-state index in [2.05, 4.69) is 47.1 Å². The number of pyridine rings is 2. The Labute approximate surface area is 202 Å². The van der Waals surface area contributed by atoms with Crippen LogP contribution in [0.2, 0.25) is 0 Å². The molecular weight excluding hydrogens is 438 g/mol. The Bertz CT molecular complexity index is 1540. The van der Waals surface area contributed by atoms with Gasteiger partial charge in [-0.05, 0) is 48.9 Å². The van der Waals surface area contributed by atoms with Crippen LogP contribution in [0.1, 0.15) is 18.4 Å². The molecule has 7 heteroatoms. The average Bonchev–Trinajstić information content (AvgIpc) is 3.29. The SMILES string of the molecule is Cc1cccc2c(-c3cccc4cnccc34)nn(-c3ccc(N4CCC(C(=O)O)CC4)nc3)c12. The number of hydrogen-bond donors (Lipinski definition) is 1. The van der Waals surface area contributed by atoms with Crippen molar-refractivity contribution in [2.24, 2.45) is 5.92 Å². The van der Waals surface area contributed by atoms with Gasteiger partial charge in [0.25, 0.3) is 0 Å². The zero-order valence-electron chi connectivity index (χ0n) is 19.4. The lowest BCUT2D eigenvalue weighted by Crippen LogP contribution is -2.36. The van der Waals surface area contributed by atoms with Gasteiger partial charge in [0.1, 0.15) is 11.5 Å². The highest BCUT2D eigenvalue weighted by Gasteiger charge is 2.25.